The molecule has 0 aromatic carbocycles. The van der Waals surface area contributed by atoms with E-state index in [1.807, 2.05) is 0 Å². The van der Waals surface area contributed by atoms with Gasteiger partial charge in [-0.05, 0) is 32.1 Å². The van der Waals surface area contributed by atoms with Crippen LogP contribution in [0.5, 0.6) is 0 Å². The zero-order chi connectivity index (χ0) is 28.7. The standard InChI is InChI=1S/C35H64O4/c1-3-5-6-7-8-9-10-11-12-13-14-15-16-17-18-19-20-21-22-23-24-25-26-27-28-29-30-33(32-34(36)37)35(38)39-31-4-2/h4,10-11,33H,2-3,5-9,12-32H2,1H3,(H,36,37)/b11-10+. The highest BCUT2D eigenvalue weighted by Crippen LogP contribution is 2.18. The van der Waals surface area contributed by atoms with Crippen LogP contribution in [0, 0.1) is 5.92 Å². The molecule has 0 radical (unpaired) electrons. The molecule has 0 aromatic rings. The SMILES string of the molecule is C=CCOC(=O)C(CCCCCCCCCCCCCCCCCCC/C=C/CCCCCCC)CC(=O)O. The van der Waals surface area contributed by atoms with Gasteiger partial charge in [0.05, 0.1) is 12.3 Å². The molecule has 228 valence electrons. The van der Waals surface area contributed by atoms with Gasteiger partial charge in [0.25, 0.3) is 0 Å². The Morgan fingerprint density at radius 3 is 1.41 bits per heavy atom. The fourth-order valence-corrected chi connectivity index (χ4v) is 5.18. The van der Waals surface area contributed by atoms with Crippen LogP contribution >= 0.6 is 0 Å². The normalized spacial score (nSPS) is 12.1. The third-order valence-corrected chi connectivity index (χ3v) is 7.66. The number of unbranched alkanes of at least 4 members (excludes halogenated alkanes) is 22. The van der Waals surface area contributed by atoms with Crippen LogP contribution < -0.4 is 0 Å². The van der Waals surface area contributed by atoms with E-state index in [0.717, 1.165) is 19.3 Å². The van der Waals surface area contributed by atoms with Gasteiger partial charge in [0.2, 0.25) is 0 Å². The lowest BCUT2D eigenvalue weighted by atomic mass is 9.97. The first kappa shape index (κ1) is 37.4. The Hall–Kier alpha value is -1.58. The Kier molecular flexibility index (Phi) is 29.7. The highest BCUT2D eigenvalue weighted by molar-refractivity contribution is 5.79. The number of allylic oxidation sites excluding steroid dienone is 2. The fraction of sp³-hybridized carbons (Fsp3) is 0.829. The summed E-state index contributed by atoms with van der Waals surface area (Å²) in [6, 6.07) is 0. The van der Waals surface area contributed by atoms with Crippen molar-refractivity contribution in [3.63, 3.8) is 0 Å². The van der Waals surface area contributed by atoms with Crippen molar-refractivity contribution in [3.05, 3.63) is 24.8 Å². The monoisotopic (exact) mass is 548 g/mol. The molecule has 4 heteroatoms. The van der Waals surface area contributed by atoms with E-state index >= 15 is 0 Å². The Balaban J connectivity index is 3.34. The van der Waals surface area contributed by atoms with E-state index in [1.54, 1.807) is 0 Å². The summed E-state index contributed by atoms with van der Waals surface area (Å²) in [5, 5.41) is 9.03. The topological polar surface area (TPSA) is 63.6 Å². The van der Waals surface area contributed by atoms with Gasteiger partial charge in [-0.1, -0.05) is 160 Å². The van der Waals surface area contributed by atoms with Crippen molar-refractivity contribution in [2.75, 3.05) is 6.61 Å². The Morgan fingerprint density at radius 2 is 1.03 bits per heavy atom. The number of esters is 1. The maximum Gasteiger partial charge on any atom is 0.309 e. The lowest BCUT2D eigenvalue weighted by molar-refractivity contribution is -0.152. The van der Waals surface area contributed by atoms with Gasteiger partial charge >= 0.3 is 11.9 Å². The Bertz CT molecular complexity index is 583. The number of hydrogen-bond donors (Lipinski definition) is 1. The molecular weight excluding hydrogens is 484 g/mol. The van der Waals surface area contributed by atoms with Crippen LogP contribution in [-0.4, -0.2) is 23.7 Å². The number of carbonyl (C=O) groups excluding carboxylic acids is 1. The van der Waals surface area contributed by atoms with Gasteiger partial charge in [-0.25, -0.2) is 0 Å². The number of rotatable bonds is 31. The van der Waals surface area contributed by atoms with Gasteiger partial charge in [-0.15, -0.1) is 0 Å². The average molecular weight is 549 g/mol. The minimum absolute atomic E-state index is 0.145. The van der Waals surface area contributed by atoms with E-state index in [0.29, 0.717) is 6.42 Å². The van der Waals surface area contributed by atoms with Crippen molar-refractivity contribution in [3.8, 4) is 0 Å². The van der Waals surface area contributed by atoms with E-state index in [4.69, 9.17) is 9.84 Å². The molecule has 0 spiro atoms. The quantitative estimate of drug-likeness (QED) is 0.0531. The number of carbonyl (C=O) groups is 2. The first-order valence-corrected chi connectivity index (χ1v) is 16.8. The van der Waals surface area contributed by atoms with Crippen molar-refractivity contribution in [1.82, 2.24) is 0 Å². The third-order valence-electron chi connectivity index (χ3n) is 7.66. The van der Waals surface area contributed by atoms with Crippen molar-refractivity contribution >= 4 is 11.9 Å². The van der Waals surface area contributed by atoms with Gasteiger partial charge in [0.1, 0.15) is 6.61 Å². The molecule has 0 saturated heterocycles. The van der Waals surface area contributed by atoms with Gasteiger partial charge in [-0.2, -0.15) is 0 Å². The zero-order valence-electron chi connectivity index (χ0n) is 25.8. The highest BCUT2D eigenvalue weighted by Gasteiger charge is 2.22. The molecule has 0 aliphatic carbocycles. The molecule has 0 amide bonds. The second-order valence-electron chi connectivity index (χ2n) is 11.5. The molecule has 0 heterocycles. The summed E-state index contributed by atoms with van der Waals surface area (Å²) in [6.45, 7) is 5.95. The van der Waals surface area contributed by atoms with E-state index in [2.05, 4.69) is 25.7 Å². The maximum atomic E-state index is 12.0. The number of aliphatic carboxylic acids is 1. The summed E-state index contributed by atoms with van der Waals surface area (Å²) in [6.07, 6.45) is 38.6. The van der Waals surface area contributed by atoms with Crippen LogP contribution in [0.3, 0.4) is 0 Å². The fourth-order valence-electron chi connectivity index (χ4n) is 5.18. The lowest BCUT2D eigenvalue weighted by Gasteiger charge is -2.13. The van der Waals surface area contributed by atoms with Crippen LogP contribution in [0.2, 0.25) is 0 Å². The first-order valence-electron chi connectivity index (χ1n) is 16.8. The molecule has 4 nitrogen and oxygen atoms in total. The summed E-state index contributed by atoms with van der Waals surface area (Å²) in [7, 11) is 0. The van der Waals surface area contributed by atoms with Crippen LogP contribution in [0.4, 0.5) is 0 Å². The summed E-state index contributed by atoms with van der Waals surface area (Å²) < 4.78 is 5.04. The van der Waals surface area contributed by atoms with Crippen LogP contribution in [-0.2, 0) is 14.3 Å². The molecule has 1 unspecified atom stereocenters. The second-order valence-corrected chi connectivity index (χ2v) is 11.5. The van der Waals surface area contributed by atoms with Crippen molar-refractivity contribution in [2.45, 2.75) is 174 Å². The van der Waals surface area contributed by atoms with Gasteiger partial charge < -0.3 is 9.84 Å². The minimum Gasteiger partial charge on any atom is -0.481 e. The number of ether oxygens (including phenoxy) is 1. The predicted molar refractivity (Wildman–Crippen MR) is 167 cm³/mol. The second kappa shape index (κ2) is 31.0. The van der Waals surface area contributed by atoms with Crippen LogP contribution in [0.1, 0.15) is 174 Å². The van der Waals surface area contributed by atoms with Crippen LogP contribution in [0.15, 0.2) is 24.8 Å². The van der Waals surface area contributed by atoms with E-state index in [1.165, 1.54) is 141 Å². The summed E-state index contributed by atoms with van der Waals surface area (Å²) >= 11 is 0. The van der Waals surface area contributed by atoms with Gasteiger partial charge in [0, 0.05) is 0 Å². The Labute approximate surface area is 242 Å². The van der Waals surface area contributed by atoms with E-state index < -0.39 is 17.9 Å². The number of carboxylic acids is 1. The highest BCUT2D eigenvalue weighted by atomic mass is 16.5. The molecule has 0 saturated carbocycles. The molecule has 39 heavy (non-hydrogen) atoms. The molecule has 0 aromatic heterocycles. The average Bonchev–Trinajstić information content (AvgIpc) is 2.92. The zero-order valence-corrected chi connectivity index (χ0v) is 25.8. The number of hydrogen-bond acceptors (Lipinski definition) is 3. The largest absolute Gasteiger partial charge is 0.481 e. The van der Waals surface area contributed by atoms with Gasteiger partial charge in [0.15, 0.2) is 0 Å². The summed E-state index contributed by atoms with van der Waals surface area (Å²) in [5.74, 6) is -1.88. The molecule has 0 bridgehead atoms. The summed E-state index contributed by atoms with van der Waals surface area (Å²) in [5.41, 5.74) is 0. The van der Waals surface area contributed by atoms with Crippen molar-refractivity contribution in [2.24, 2.45) is 5.92 Å². The minimum atomic E-state index is -0.941. The summed E-state index contributed by atoms with van der Waals surface area (Å²) in [4.78, 5) is 23.0. The molecule has 1 atom stereocenters. The van der Waals surface area contributed by atoms with Crippen molar-refractivity contribution in [1.29, 1.82) is 0 Å². The Morgan fingerprint density at radius 1 is 0.641 bits per heavy atom. The smallest absolute Gasteiger partial charge is 0.309 e. The molecule has 0 aliphatic rings. The van der Waals surface area contributed by atoms with E-state index in [9.17, 15) is 9.59 Å². The van der Waals surface area contributed by atoms with Crippen molar-refractivity contribution < 1.29 is 19.4 Å². The molecule has 0 aliphatic heterocycles. The molecule has 1 N–H and O–H groups in total. The third kappa shape index (κ3) is 29.2. The predicted octanol–water partition coefficient (Wildman–Crippen LogP) is 11.1. The maximum absolute atomic E-state index is 12.0. The molecule has 0 fully saturated rings. The van der Waals surface area contributed by atoms with Crippen LogP contribution in [0.25, 0.3) is 0 Å². The molecular formula is C35H64O4. The molecule has 0 rings (SSSR count). The lowest BCUT2D eigenvalue weighted by Crippen LogP contribution is -2.21. The first-order chi connectivity index (χ1) is 19.1. The van der Waals surface area contributed by atoms with Gasteiger partial charge in [-0.3, -0.25) is 9.59 Å². The number of carboxylic acid groups (broad SMARTS) is 1. The van der Waals surface area contributed by atoms with E-state index in [-0.39, 0.29) is 13.0 Å².